The van der Waals surface area contributed by atoms with Gasteiger partial charge in [-0.15, -0.1) is 0 Å². The topological polar surface area (TPSA) is 65.2 Å². The molecule has 1 heterocycles. The van der Waals surface area contributed by atoms with Gasteiger partial charge in [-0.05, 0) is 27.2 Å². The molecule has 17 heavy (non-hydrogen) atoms. The number of ether oxygens (including phenoxy) is 1. The van der Waals surface area contributed by atoms with E-state index in [1.807, 2.05) is 6.92 Å². The first kappa shape index (κ1) is 13.7. The summed E-state index contributed by atoms with van der Waals surface area (Å²) < 4.78 is 10.1. The van der Waals surface area contributed by atoms with Gasteiger partial charge in [-0.3, -0.25) is 4.79 Å². The normalized spacial score (nSPS) is 13.5. The maximum atomic E-state index is 11.8. The summed E-state index contributed by atoms with van der Waals surface area (Å²) in [5, 5.41) is 3.90. The first-order valence-electron chi connectivity index (χ1n) is 5.94. The molecule has 0 saturated heterocycles. The van der Waals surface area contributed by atoms with Crippen molar-refractivity contribution in [2.24, 2.45) is 0 Å². The fourth-order valence-electron chi connectivity index (χ4n) is 1.27. The number of hydrogen-bond acceptors (Lipinski definition) is 5. The Balaban J connectivity index is 2.92. The predicted octanol–water partition coefficient (Wildman–Crippen LogP) is 2.42. The summed E-state index contributed by atoms with van der Waals surface area (Å²) in [4.78, 5) is 16.0. The van der Waals surface area contributed by atoms with Crippen LogP contribution in [-0.4, -0.2) is 22.7 Å². The number of rotatable bonds is 5. The lowest BCUT2D eigenvalue weighted by molar-refractivity contribution is -0.149. The van der Waals surface area contributed by atoms with Crippen LogP contribution in [0.2, 0.25) is 0 Å². The van der Waals surface area contributed by atoms with Crippen molar-refractivity contribution in [3.05, 3.63) is 11.7 Å². The zero-order valence-electron chi connectivity index (χ0n) is 11.1. The minimum Gasteiger partial charge on any atom is -0.465 e. The van der Waals surface area contributed by atoms with E-state index in [9.17, 15) is 4.79 Å². The average molecular weight is 240 g/mol. The van der Waals surface area contributed by atoms with Gasteiger partial charge in [-0.2, -0.15) is 4.98 Å². The Hall–Kier alpha value is -1.39. The molecule has 0 aliphatic heterocycles. The molecule has 1 unspecified atom stereocenters. The van der Waals surface area contributed by atoms with Crippen LogP contribution < -0.4 is 0 Å². The van der Waals surface area contributed by atoms with Gasteiger partial charge in [0.2, 0.25) is 5.89 Å². The summed E-state index contributed by atoms with van der Waals surface area (Å²) in [5.41, 5.74) is -0.894. The number of nitrogens with zero attached hydrogens (tertiary/aromatic N) is 2. The molecule has 1 aromatic rings. The highest BCUT2D eigenvalue weighted by molar-refractivity contribution is 5.80. The molecule has 1 aromatic heterocycles. The highest BCUT2D eigenvalue weighted by Crippen LogP contribution is 2.25. The van der Waals surface area contributed by atoms with E-state index in [0.717, 1.165) is 6.42 Å². The zero-order chi connectivity index (χ0) is 13.1. The molecular weight excluding hydrogens is 220 g/mol. The molecule has 0 radical (unpaired) electrons. The lowest BCUT2D eigenvalue weighted by Crippen LogP contribution is -2.31. The molecule has 96 valence electrons. The van der Waals surface area contributed by atoms with E-state index >= 15 is 0 Å². The molecule has 0 bridgehead atoms. The highest BCUT2D eigenvalue weighted by atomic mass is 16.5. The predicted molar refractivity (Wildman–Crippen MR) is 62.7 cm³/mol. The molecule has 0 aromatic carbocycles. The van der Waals surface area contributed by atoms with Gasteiger partial charge in [-0.1, -0.05) is 19.0 Å². The van der Waals surface area contributed by atoms with Crippen molar-refractivity contribution in [2.75, 3.05) is 6.61 Å². The van der Waals surface area contributed by atoms with Crippen LogP contribution in [0, 0.1) is 0 Å². The first-order chi connectivity index (χ1) is 7.93. The largest absolute Gasteiger partial charge is 0.465 e. The molecule has 1 rings (SSSR count). The maximum absolute atomic E-state index is 11.8. The Morgan fingerprint density at radius 2 is 2.12 bits per heavy atom. The number of hydrogen-bond donors (Lipinski definition) is 0. The monoisotopic (exact) mass is 240 g/mol. The molecule has 1 atom stereocenters. The van der Waals surface area contributed by atoms with Crippen LogP contribution in [0.25, 0.3) is 0 Å². The van der Waals surface area contributed by atoms with Crippen LogP contribution in [-0.2, 0) is 14.9 Å². The van der Waals surface area contributed by atoms with E-state index in [0.29, 0.717) is 18.3 Å². The van der Waals surface area contributed by atoms with Crippen molar-refractivity contribution in [2.45, 2.75) is 52.4 Å². The van der Waals surface area contributed by atoms with Crippen molar-refractivity contribution in [3.8, 4) is 0 Å². The van der Waals surface area contributed by atoms with Gasteiger partial charge < -0.3 is 9.26 Å². The zero-order valence-corrected chi connectivity index (χ0v) is 11.1. The Kier molecular flexibility index (Phi) is 4.26. The molecule has 0 saturated carbocycles. The van der Waals surface area contributed by atoms with E-state index in [4.69, 9.17) is 9.26 Å². The number of carbonyl (C=O) groups excluding carboxylic acids is 1. The lowest BCUT2D eigenvalue weighted by atomic mass is 9.93. The summed E-state index contributed by atoms with van der Waals surface area (Å²) in [7, 11) is 0. The third-order valence-corrected chi connectivity index (χ3v) is 2.82. The van der Waals surface area contributed by atoms with Gasteiger partial charge in [0.1, 0.15) is 5.41 Å². The summed E-state index contributed by atoms with van der Waals surface area (Å²) in [6.45, 7) is 9.63. The average Bonchev–Trinajstić information content (AvgIpc) is 2.78. The summed E-state index contributed by atoms with van der Waals surface area (Å²) in [6.07, 6.45) is 0.929. The minimum absolute atomic E-state index is 0.227. The van der Waals surface area contributed by atoms with Gasteiger partial charge in [0.25, 0.3) is 0 Å². The van der Waals surface area contributed by atoms with E-state index in [2.05, 4.69) is 17.1 Å². The Morgan fingerprint density at radius 1 is 1.47 bits per heavy atom. The van der Waals surface area contributed by atoms with Crippen molar-refractivity contribution in [1.82, 2.24) is 10.1 Å². The van der Waals surface area contributed by atoms with E-state index in [1.54, 1.807) is 20.8 Å². The number of aromatic nitrogens is 2. The molecule has 0 spiro atoms. The van der Waals surface area contributed by atoms with Crippen molar-refractivity contribution >= 4 is 5.97 Å². The molecular formula is C12H20N2O3. The second kappa shape index (κ2) is 5.29. The van der Waals surface area contributed by atoms with Crippen molar-refractivity contribution in [1.29, 1.82) is 0 Å². The molecule has 0 aliphatic carbocycles. The van der Waals surface area contributed by atoms with E-state index < -0.39 is 5.41 Å². The van der Waals surface area contributed by atoms with Gasteiger partial charge in [0.15, 0.2) is 5.82 Å². The standard InChI is InChI=1S/C12H20N2O3/c1-6-8(3)9-13-10(17-14-9)12(4,5)11(15)16-7-2/h8H,6-7H2,1-5H3. The van der Waals surface area contributed by atoms with Gasteiger partial charge >= 0.3 is 5.97 Å². The van der Waals surface area contributed by atoms with Crippen LogP contribution in [0.15, 0.2) is 4.52 Å². The molecule has 5 nitrogen and oxygen atoms in total. The SMILES string of the molecule is CCOC(=O)C(C)(C)c1nc(C(C)CC)no1. The lowest BCUT2D eigenvalue weighted by Gasteiger charge is -2.17. The maximum Gasteiger partial charge on any atom is 0.321 e. The molecule has 0 N–H and O–H groups in total. The van der Waals surface area contributed by atoms with Gasteiger partial charge in [-0.25, -0.2) is 0 Å². The highest BCUT2D eigenvalue weighted by Gasteiger charge is 2.37. The van der Waals surface area contributed by atoms with Gasteiger partial charge in [0.05, 0.1) is 6.61 Å². The molecule has 0 amide bonds. The Bertz CT molecular complexity index is 385. The van der Waals surface area contributed by atoms with Crippen LogP contribution in [0.4, 0.5) is 0 Å². The van der Waals surface area contributed by atoms with Crippen molar-refractivity contribution in [3.63, 3.8) is 0 Å². The second-order valence-electron chi connectivity index (χ2n) is 4.61. The van der Waals surface area contributed by atoms with Crippen molar-refractivity contribution < 1.29 is 14.1 Å². The first-order valence-corrected chi connectivity index (χ1v) is 5.94. The third kappa shape index (κ3) is 2.84. The number of carbonyl (C=O) groups is 1. The van der Waals surface area contributed by atoms with Crippen LogP contribution in [0.3, 0.4) is 0 Å². The molecule has 5 heteroatoms. The summed E-state index contributed by atoms with van der Waals surface area (Å²) in [5.74, 6) is 0.830. The van der Waals surface area contributed by atoms with E-state index in [1.165, 1.54) is 0 Å². The fraction of sp³-hybridized carbons (Fsp3) is 0.750. The van der Waals surface area contributed by atoms with Crippen LogP contribution in [0.5, 0.6) is 0 Å². The molecule has 0 aliphatic rings. The summed E-state index contributed by atoms with van der Waals surface area (Å²) >= 11 is 0. The van der Waals surface area contributed by atoms with Gasteiger partial charge in [0, 0.05) is 5.92 Å². The van der Waals surface area contributed by atoms with Crippen LogP contribution >= 0.6 is 0 Å². The smallest absolute Gasteiger partial charge is 0.321 e. The second-order valence-corrected chi connectivity index (χ2v) is 4.61. The quantitative estimate of drug-likeness (QED) is 0.739. The van der Waals surface area contributed by atoms with E-state index in [-0.39, 0.29) is 11.9 Å². The fourth-order valence-corrected chi connectivity index (χ4v) is 1.27. The van der Waals surface area contributed by atoms with Crippen LogP contribution in [0.1, 0.15) is 58.7 Å². The number of esters is 1. The Labute approximate surface area is 102 Å². The summed E-state index contributed by atoms with van der Waals surface area (Å²) in [6, 6.07) is 0. The third-order valence-electron chi connectivity index (χ3n) is 2.82. The molecule has 0 fully saturated rings. The minimum atomic E-state index is -0.894. The Morgan fingerprint density at radius 3 is 2.65 bits per heavy atom.